The average molecular weight is 153 g/mol. The summed E-state index contributed by atoms with van der Waals surface area (Å²) in [5.74, 6) is 1.66. The van der Waals surface area contributed by atoms with E-state index in [0.29, 0.717) is 0 Å². The van der Waals surface area contributed by atoms with Gasteiger partial charge in [0.2, 0.25) is 0 Å². The number of rotatable bonds is 1. The Kier molecular flexibility index (Phi) is 1.62. The van der Waals surface area contributed by atoms with Gasteiger partial charge in [-0.25, -0.2) is 4.98 Å². The molecule has 1 saturated heterocycles. The normalized spacial score (nSPS) is 24.3. The summed E-state index contributed by atoms with van der Waals surface area (Å²) in [6.07, 6.45) is 2.31. The quantitative estimate of drug-likeness (QED) is 0.653. The van der Waals surface area contributed by atoms with Crippen molar-refractivity contribution in [1.82, 2.24) is 15.2 Å². The molecule has 1 fully saturated rings. The molecule has 4 nitrogen and oxygen atoms in total. The Labute approximate surface area is 65.0 Å². The summed E-state index contributed by atoms with van der Waals surface area (Å²) >= 11 is 0. The molecular weight excluding hydrogens is 142 g/mol. The summed E-state index contributed by atoms with van der Waals surface area (Å²) in [5, 5.41) is 6.84. The fourth-order valence-electron chi connectivity index (χ4n) is 1.29. The fraction of sp³-hybridized carbons (Fsp3) is 0.714. The minimum atomic E-state index is 0.139. The first kappa shape index (κ1) is 6.79. The maximum absolute atomic E-state index is 5.41. The third-order valence-corrected chi connectivity index (χ3v) is 1.83. The van der Waals surface area contributed by atoms with Gasteiger partial charge in [-0.2, -0.15) is 5.10 Å². The minimum absolute atomic E-state index is 0.139. The van der Waals surface area contributed by atoms with Gasteiger partial charge in [-0.1, -0.05) is 0 Å². The molecule has 1 N–H and O–H groups in total. The second-order valence-corrected chi connectivity index (χ2v) is 2.78. The molecule has 0 amide bonds. The standard InChI is InChI=1S/C7H11N3O/c1-5-8-7(10-9-5)6-3-2-4-11-6/h6H,2-4H2,1H3,(H,8,9,10). The first-order valence-electron chi connectivity index (χ1n) is 3.87. The monoisotopic (exact) mass is 153 g/mol. The molecule has 0 radical (unpaired) electrons. The Morgan fingerprint density at radius 3 is 3.09 bits per heavy atom. The van der Waals surface area contributed by atoms with Crippen LogP contribution in [0.3, 0.4) is 0 Å². The molecule has 1 aliphatic rings. The predicted molar refractivity (Wildman–Crippen MR) is 39.0 cm³/mol. The highest BCUT2D eigenvalue weighted by atomic mass is 16.5. The molecule has 0 aromatic carbocycles. The topological polar surface area (TPSA) is 50.8 Å². The zero-order valence-corrected chi connectivity index (χ0v) is 6.50. The number of nitrogens with zero attached hydrogens (tertiary/aromatic N) is 2. The Morgan fingerprint density at radius 1 is 1.64 bits per heavy atom. The number of aromatic amines is 1. The zero-order valence-electron chi connectivity index (χ0n) is 6.50. The van der Waals surface area contributed by atoms with Gasteiger partial charge in [0.05, 0.1) is 0 Å². The van der Waals surface area contributed by atoms with Gasteiger partial charge < -0.3 is 4.74 Å². The van der Waals surface area contributed by atoms with Crippen molar-refractivity contribution in [2.24, 2.45) is 0 Å². The van der Waals surface area contributed by atoms with Gasteiger partial charge in [0.15, 0.2) is 5.82 Å². The van der Waals surface area contributed by atoms with Crippen LogP contribution in [0.4, 0.5) is 0 Å². The summed E-state index contributed by atoms with van der Waals surface area (Å²) in [6.45, 7) is 2.74. The van der Waals surface area contributed by atoms with E-state index in [1.54, 1.807) is 0 Å². The molecule has 0 aliphatic carbocycles. The summed E-state index contributed by atoms with van der Waals surface area (Å²) in [5.41, 5.74) is 0. The number of ether oxygens (including phenoxy) is 1. The van der Waals surface area contributed by atoms with Crippen molar-refractivity contribution in [3.63, 3.8) is 0 Å². The van der Waals surface area contributed by atoms with E-state index in [4.69, 9.17) is 4.74 Å². The van der Waals surface area contributed by atoms with Crippen LogP contribution < -0.4 is 0 Å². The Balaban J connectivity index is 2.15. The molecule has 1 aromatic heterocycles. The number of aromatic nitrogens is 3. The van der Waals surface area contributed by atoms with Crippen LogP contribution in [0, 0.1) is 6.92 Å². The van der Waals surface area contributed by atoms with E-state index in [-0.39, 0.29) is 6.10 Å². The van der Waals surface area contributed by atoms with Crippen molar-refractivity contribution < 1.29 is 4.74 Å². The molecule has 1 aliphatic heterocycles. The van der Waals surface area contributed by atoms with Crippen LogP contribution in [-0.2, 0) is 4.74 Å². The average Bonchev–Trinajstić information content (AvgIpc) is 2.55. The van der Waals surface area contributed by atoms with Gasteiger partial charge in [0, 0.05) is 6.61 Å². The van der Waals surface area contributed by atoms with E-state index in [0.717, 1.165) is 31.1 Å². The van der Waals surface area contributed by atoms with E-state index in [2.05, 4.69) is 15.2 Å². The van der Waals surface area contributed by atoms with Gasteiger partial charge in [-0.3, -0.25) is 5.10 Å². The highest BCUT2D eigenvalue weighted by Gasteiger charge is 2.20. The zero-order chi connectivity index (χ0) is 7.68. The highest BCUT2D eigenvalue weighted by Crippen LogP contribution is 2.25. The molecule has 0 bridgehead atoms. The molecule has 1 unspecified atom stereocenters. The lowest BCUT2D eigenvalue weighted by molar-refractivity contribution is 0.105. The Morgan fingerprint density at radius 2 is 2.55 bits per heavy atom. The maximum atomic E-state index is 5.41. The van der Waals surface area contributed by atoms with E-state index in [9.17, 15) is 0 Å². The lowest BCUT2D eigenvalue weighted by Gasteiger charge is -2.01. The summed E-state index contributed by atoms with van der Waals surface area (Å²) in [6, 6.07) is 0. The number of hydrogen-bond donors (Lipinski definition) is 1. The van der Waals surface area contributed by atoms with Crippen molar-refractivity contribution in [1.29, 1.82) is 0 Å². The minimum Gasteiger partial charge on any atom is -0.370 e. The van der Waals surface area contributed by atoms with E-state index >= 15 is 0 Å². The lowest BCUT2D eigenvalue weighted by atomic mass is 10.2. The summed E-state index contributed by atoms with van der Waals surface area (Å²) in [7, 11) is 0. The number of nitrogens with one attached hydrogen (secondary N) is 1. The van der Waals surface area contributed by atoms with Crippen LogP contribution in [-0.4, -0.2) is 21.8 Å². The third-order valence-electron chi connectivity index (χ3n) is 1.83. The van der Waals surface area contributed by atoms with Crippen molar-refractivity contribution in [3.8, 4) is 0 Å². The van der Waals surface area contributed by atoms with Crippen LogP contribution in [0.5, 0.6) is 0 Å². The molecule has 11 heavy (non-hydrogen) atoms. The smallest absolute Gasteiger partial charge is 0.179 e. The second kappa shape index (κ2) is 2.62. The van der Waals surface area contributed by atoms with Gasteiger partial charge in [0.1, 0.15) is 11.9 Å². The Bertz CT molecular complexity index is 240. The molecule has 1 atom stereocenters. The van der Waals surface area contributed by atoms with Crippen molar-refractivity contribution >= 4 is 0 Å². The maximum Gasteiger partial charge on any atom is 0.179 e. The molecule has 1 aromatic rings. The van der Waals surface area contributed by atoms with Gasteiger partial charge in [0.25, 0.3) is 0 Å². The van der Waals surface area contributed by atoms with Crippen molar-refractivity contribution in [2.75, 3.05) is 6.61 Å². The van der Waals surface area contributed by atoms with Crippen LogP contribution in [0.15, 0.2) is 0 Å². The molecule has 60 valence electrons. The van der Waals surface area contributed by atoms with E-state index in [1.807, 2.05) is 6.92 Å². The summed E-state index contributed by atoms with van der Waals surface area (Å²) < 4.78 is 5.41. The predicted octanol–water partition coefficient (Wildman–Crippen LogP) is 0.965. The van der Waals surface area contributed by atoms with Crippen LogP contribution in [0.1, 0.15) is 30.6 Å². The van der Waals surface area contributed by atoms with Crippen LogP contribution in [0.2, 0.25) is 0 Å². The number of H-pyrrole nitrogens is 1. The van der Waals surface area contributed by atoms with E-state index < -0.39 is 0 Å². The molecule has 2 heterocycles. The first-order valence-corrected chi connectivity index (χ1v) is 3.87. The van der Waals surface area contributed by atoms with Gasteiger partial charge in [-0.15, -0.1) is 0 Å². The highest BCUT2D eigenvalue weighted by molar-refractivity contribution is 4.93. The van der Waals surface area contributed by atoms with Gasteiger partial charge in [-0.05, 0) is 19.8 Å². The molecule has 0 saturated carbocycles. The Hall–Kier alpha value is -0.900. The van der Waals surface area contributed by atoms with Crippen LogP contribution >= 0.6 is 0 Å². The molecule has 0 spiro atoms. The van der Waals surface area contributed by atoms with Gasteiger partial charge >= 0.3 is 0 Å². The molecular formula is C7H11N3O. The lowest BCUT2D eigenvalue weighted by Crippen LogP contribution is -1.97. The van der Waals surface area contributed by atoms with Crippen molar-refractivity contribution in [2.45, 2.75) is 25.9 Å². The first-order chi connectivity index (χ1) is 5.36. The van der Waals surface area contributed by atoms with Crippen molar-refractivity contribution in [3.05, 3.63) is 11.6 Å². The largest absolute Gasteiger partial charge is 0.370 e. The van der Waals surface area contributed by atoms with E-state index in [1.165, 1.54) is 0 Å². The third kappa shape index (κ3) is 1.26. The number of hydrogen-bond acceptors (Lipinski definition) is 3. The SMILES string of the molecule is Cc1nc(C2CCCO2)n[nH]1. The number of aryl methyl sites for hydroxylation is 1. The summed E-state index contributed by atoms with van der Waals surface area (Å²) in [4.78, 5) is 4.20. The molecule has 4 heteroatoms. The molecule has 2 rings (SSSR count). The van der Waals surface area contributed by atoms with Crippen LogP contribution in [0.25, 0.3) is 0 Å². The fourth-order valence-corrected chi connectivity index (χ4v) is 1.29. The second-order valence-electron chi connectivity index (χ2n) is 2.78.